The molecule has 1 amide bonds. The van der Waals surface area contributed by atoms with E-state index in [-0.39, 0.29) is 11.9 Å². The molecule has 1 aliphatic carbocycles. The number of amides is 1. The van der Waals surface area contributed by atoms with E-state index in [1.807, 2.05) is 11.8 Å². The second-order valence-corrected chi connectivity index (χ2v) is 6.01. The number of rotatable bonds is 3. The fourth-order valence-corrected chi connectivity index (χ4v) is 3.41. The van der Waals surface area contributed by atoms with E-state index in [4.69, 9.17) is 17.3 Å². The first-order valence-electron chi connectivity index (χ1n) is 6.00. The van der Waals surface area contributed by atoms with Crippen LogP contribution in [0.15, 0.2) is 18.2 Å². The number of thioether (sulfide) groups is 1. The Balaban J connectivity index is 2.05. The van der Waals surface area contributed by atoms with Gasteiger partial charge in [0.15, 0.2) is 0 Å². The molecule has 0 spiro atoms. The maximum atomic E-state index is 12.1. The largest absolute Gasteiger partial charge is 0.398 e. The van der Waals surface area contributed by atoms with Gasteiger partial charge in [-0.3, -0.25) is 4.79 Å². The lowest BCUT2D eigenvalue weighted by Gasteiger charge is -2.19. The molecule has 0 aliphatic heterocycles. The van der Waals surface area contributed by atoms with Gasteiger partial charge >= 0.3 is 0 Å². The predicted octanol–water partition coefficient (Wildman–Crippen LogP) is 2.94. The lowest BCUT2D eigenvalue weighted by atomic mass is 10.1. The fourth-order valence-electron chi connectivity index (χ4n) is 2.29. The number of halogens is 1. The van der Waals surface area contributed by atoms with Gasteiger partial charge in [0.1, 0.15) is 0 Å². The van der Waals surface area contributed by atoms with Crippen molar-refractivity contribution >= 4 is 35.0 Å². The highest BCUT2D eigenvalue weighted by Gasteiger charge is 2.27. The first-order chi connectivity index (χ1) is 8.61. The minimum atomic E-state index is -0.0668. The molecule has 1 saturated carbocycles. The van der Waals surface area contributed by atoms with Gasteiger partial charge in [-0.05, 0) is 37.3 Å². The number of benzene rings is 1. The van der Waals surface area contributed by atoms with Gasteiger partial charge in [0.2, 0.25) is 0 Å². The molecule has 5 heteroatoms. The SMILES string of the molecule is CSC1CCCC1NC(=O)c1ccc(N)c(Cl)c1. The molecule has 98 valence electrons. The summed E-state index contributed by atoms with van der Waals surface area (Å²) in [7, 11) is 0. The van der Waals surface area contributed by atoms with Crippen LogP contribution in [-0.2, 0) is 0 Å². The molecule has 2 unspecified atom stereocenters. The Morgan fingerprint density at radius 2 is 2.28 bits per heavy atom. The van der Waals surface area contributed by atoms with Gasteiger partial charge in [-0.15, -0.1) is 0 Å². The number of nitrogen functional groups attached to an aromatic ring is 1. The third kappa shape index (κ3) is 2.93. The average Bonchev–Trinajstić information content (AvgIpc) is 2.79. The van der Waals surface area contributed by atoms with Crippen molar-refractivity contribution in [3.8, 4) is 0 Å². The van der Waals surface area contributed by atoms with E-state index in [2.05, 4.69) is 11.6 Å². The van der Waals surface area contributed by atoms with Gasteiger partial charge < -0.3 is 11.1 Å². The van der Waals surface area contributed by atoms with Gasteiger partial charge in [-0.1, -0.05) is 18.0 Å². The van der Waals surface area contributed by atoms with Crippen molar-refractivity contribution < 1.29 is 4.79 Å². The molecule has 2 atom stereocenters. The lowest BCUT2D eigenvalue weighted by molar-refractivity contribution is 0.0938. The van der Waals surface area contributed by atoms with Crippen molar-refractivity contribution in [2.24, 2.45) is 0 Å². The molecule has 2 rings (SSSR count). The molecule has 18 heavy (non-hydrogen) atoms. The lowest BCUT2D eigenvalue weighted by Crippen LogP contribution is -2.38. The zero-order valence-corrected chi connectivity index (χ0v) is 11.9. The molecule has 0 radical (unpaired) electrons. The summed E-state index contributed by atoms with van der Waals surface area (Å²) in [5, 5.41) is 4.04. The van der Waals surface area contributed by atoms with E-state index < -0.39 is 0 Å². The van der Waals surface area contributed by atoms with Crippen LogP contribution in [0.3, 0.4) is 0 Å². The highest BCUT2D eigenvalue weighted by atomic mass is 35.5. The monoisotopic (exact) mass is 284 g/mol. The van der Waals surface area contributed by atoms with E-state index >= 15 is 0 Å². The Kier molecular flexibility index (Phi) is 4.40. The maximum Gasteiger partial charge on any atom is 0.251 e. The van der Waals surface area contributed by atoms with Crippen molar-refractivity contribution in [2.75, 3.05) is 12.0 Å². The van der Waals surface area contributed by atoms with Crippen molar-refractivity contribution in [1.29, 1.82) is 0 Å². The van der Waals surface area contributed by atoms with E-state index in [1.165, 1.54) is 12.8 Å². The van der Waals surface area contributed by atoms with Crippen LogP contribution in [0, 0.1) is 0 Å². The standard InChI is InChI=1S/C13H17ClN2OS/c1-18-12-4-2-3-11(12)16-13(17)8-5-6-10(15)9(14)7-8/h5-7,11-12H,2-4,15H2,1H3,(H,16,17). The summed E-state index contributed by atoms with van der Waals surface area (Å²) < 4.78 is 0. The van der Waals surface area contributed by atoms with E-state index in [1.54, 1.807) is 18.2 Å². The summed E-state index contributed by atoms with van der Waals surface area (Å²) in [6.45, 7) is 0. The number of carbonyl (C=O) groups is 1. The van der Waals surface area contributed by atoms with Gasteiger partial charge in [0, 0.05) is 16.9 Å². The molecular formula is C13H17ClN2OS. The topological polar surface area (TPSA) is 55.1 Å². The smallest absolute Gasteiger partial charge is 0.251 e. The van der Waals surface area contributed by atoms with E-state index in [0.29, 0.717) is 21.5 Å². The normalized spacial score (nSPS) is 23.0. The molecule has 1 fully saturated rings. The number of nitrogens with two attached hydrogens (primary N) is 1. The van der Waals surface area contributed by atoms with Crippen molar-refractivity contribution in [3.05, 3.63) is 28.8 Å². The molecule has 1 aliphatic rings. The van der Waals surface area contributed by atoms with Crippen molar-refractivity contribution in [3.63, 3.8) is 0 Å². The van der Waals surface area contributed by atoms with Gasteiger partial charge in [0.05, 0.1) is 10.7 Å². The summed E-state index contributed by atoms with van der Waals surface area (Å²) >= 11 is 7.74. The summed E-state index contributed by atoms with van der Waals surface area (Å²) in [5.74, 6) is -0.0668. The van der Waals surface area contributed by atoms with Gasteiger partial charge in [-0.2, -0.15) is 11.8 Å². The van der Waals surface area contributed by atoms with Crippen LogP contribution in [0.2, 0.25) is 5.02 Å². The first kappa shape index (κ1) is 13.6. The molecule has 0 saturated heterocycles. The maximum absolute atomic E-state index is 12.1. The summed E-state index contributed by atoms with van der Waals surface area (Å²) in [5.41, 5.74) is 6.70. The highest BCUT2D eigenvalue weighted by molar-refractivity contribution is 7.99. The van der Waals surface area contributed by atoms with Crippen molar-refractivity contribution in [2.45, 2.75) is 30.6 Å². The number of hydrogen-bond donors (Lipinski definition) is 2. The molecule has 0 bridgehead atoms. The summed E-state index contributed by atoms with van der Waals surface area (Å²) in [6.07, 6.45) is 5.50. The molecule has 0 heterocycles. The molecule has 3 N–H and O–H groups in total. The van der Waals surface area contributed by atoms with Crippen LogP contribution >= 0.6 is 23.4 Å². The third-order valence-corrected chi connectivity index (χ3v) is 4.83. The Bertz CT molecular complexity index is 453. The number of hydrogen-bond acceptors (Lipinski definition) is 3. The third-order valence-electron chi connectivity index (χ3n) is 3.33. The first-order valence-corrected chi connectivity index (χ1v) is 7.67. The molecule has 3 nitrogen and oxygen atoms in total. The second-order valence-electron chi connectivity index (χ2n) is 4.52. The Hall–Kier alpha value is -0.870. The van der Waals surface area contributed by atoms with Crippen LogP contribution in [0.5, 0.6) is 0 Å². The van der Waals surface area contributed by atoms with Crippen LogP contribution < -0.4 is 11.1 Å². The van der Waals surface area contributed by atoms with E-state index in [9.17, 15) is 4.79 Å². The molecule has 0 aromatic heterocycles. The Morgan fingerprint density at radius 3 is 2.94 bits per heavy atom. The van der Waals surface area contributed by atoms with Crippen LogP contribution in [0.4, 0.5) is 5.69 Å². The van der Waals surface area contributed by atoms with Crippen molar-refractivity contribution in [1.82, 2.24) is 5.32 Å². The zero-order chi connectivity index (χ0) is 13.1. The molecular weight excluding hydrogens is 268 g/mol. The van der Waals surface area contributed by atoms with Crippen LogP contribution in [-0.4, -0.2) is 23.5 Å². The van der Waals surface area contributed by atoms with Crippen LogP contribution in [0.25, 0.3) is 0 Å². The van der Waals surface area contributed by atoms with Crippen LogP contribution in [0.1, 0.15) is 29.6 Å². The number of carbonyl (C=O) groups excluding carboxylic acids is 1. The molecule has 1 aromatic carbocycles. The minimum Gasteiger partial charge on any atom is -0.398 e. The quantitative estimate of drug-likeness (QED) is 0.839. The zero-order valence-electron chi connectivity index (χ0n) is 10.3. The predicted molar refractivity (Wildman–Crippen MR) is 78.3 cm³/mol. The van der Waals surface area contributed by atoms with E-state index in [0.717, 1.165) is 6.42 Å². The number of anilines is 1. The number of nitrogens with one attached hydrogen (secondary N) is 1. The molecule has 1 aromatic rings. The Labute approximate surface area is 116 Å². The summed E-state index contributed by atoms with van der Waals surface area (Å²) in [4.78, 5) is 12.1. The second kappa shape index (κ2) is 5.85. The Morgan fingerprint density at radius 1 is 1.50 bits per heavy atom. The van der Waals surface area contributed by atoms with Gasteiger partial charge in [0.25, 0.3) is 5.91 Å². The summed E-state index contributed by atoms with van der Waals surface area (Å²) in [6, 6.07) is 5.26. The van der Waals surface area contributed by atoms with Gasteiger partial charge in [-0.25, -0.2) is 0 Å². The highest BCUT2D eigenvalue weighted by Crippen LogP contribution is 2.28. The average molecular weight is 285 g/mol. The fraction of sp³-hybridized carbons (Fsp3) is 0.462. The minimum absolute atomic E-state index is 0.0668.